The first-order valence-corrected chi connectivity index (χ1v) is 19.3. The summed E-state index contributed by atoms with van der Waals surface area (Å²) in [7, 11) is 0. The standard InChI is InChI=1S/C54H36N2/c1-2-17-39(18-3-1)55(40-32-30-37(31-33-40)50-36-38-16-4-5-19-41(38)42-20-6-7-22-44(42)50)54-35-34-45(43-21-8-9-23-46(43)54)47-24-10-13-27-51(47)56-52-28-14-11-25-48(52)49-26-12-15-29-53(49)56/h1-36H. The maximum Gasteiger partial charge on any atom is 0.0541 e. The molecule has 0 aliphatic heterocycles. The van der Waals surface area contributed by atoms with Gasteiger partial charge in [-0.15, -0.1) is 0 Å². The molecule has 0 radical (unpaired) electrons. The largest absolute Gasteiger partial charge is 0.310 e. The lowest BCUT2D eigenvalue weighted by Crippen LogP contribution is -2.10. The van der Waals surface area contributed by atoms with Crippen LogP contribution in [0.1, 0.15) is 0 Å². The van der Waals surface area contributed by atoms with Crippen molar-refractivity contribution in [1.29, 1.82) is 0 Å². The molecule has 0 aliphatic carbocycles. The predicted octanol–water partition coefficient (Wildman–Crippen LogP) is 15.0. The van der Waals surface area contributed by atoms with E-state index in [9.17, 15) is 0 Å². The Hall–Kier alpha value is -7.42. The van der Waals surface area contributed by atoms with Crippen LogP contribution in [-0.4, -0.2) is 4.57 Å². The molecule has 0 spiro atoms. The molecule has 0 fully saturated rings. The SMILES string of the molecule is c1ccc(N(c2ccc(-c3cc4ccccc4c4ccccc34)cc2)c2ccc(-c3ccccc3-n3c4ccccc4c4ccccc43)c3ccccc23)cc1. The lowest BCUT2D eigenvalue weighted by molar-refractivity contribution is 1.18. The summed E-state index contributed by atoms with van der Waals surface area (Å²) in [6.07, 6.45) is 0. The van der Waals surface area contributed by atoms with E-state index < -0.39 is 0 Å². The molecule has 10 aromatic carbocycles. The molecule has 0 aliphatic rings. The van der Waals surface area contributed by atoms with Crippen LogP contribution in [-0.2, 0) is 0 Å². The number of rotatable bonds is 6. The lowest BCUT2D eigenvalue weighted by atomic mass is 9.93. The molecule has 2 nitrogen and oxygen atoms in total. The van der Waals surface area contributed by atoms with Gasteiger partial charge in [0.1, 0.15) is 0 Å². The second kappa shape index (κ2) is 13.2. The van der Waals surface area contributed by atoms with E-state index >= 15 is 0 Å². The first kappa shape index (κ1) is 32.0. The molecule has 2 heteroatoms. The van der Waals surface area contributed by atoms with Gasteiger partial charge in [-0.2, -0.15) is 0 Å². The van der Waals surface area contributed by atoms with Gasteiger partial charge in [-0.25, -0.2) is 0 Å². The Bertz CT molecular complexity index is 3190. The summed E-state index contributed by atoms with van der Waals surface area (Å²) in [4.78, 5) is 2.40. The number of fused-ring (bicyclic) bond motifs is 7. The first-order chi connectivity index (χ1) is 27.8. The number of nitrogens with zero attached hydrogens (tertiary/aromatic N) is 2. The molecule has 0 N–H and O–H groups in total. The van der Waals surface area contributed by atoms with Crippen molar-refractivity contribution in [2.45, 2.75) is 0 Å². The van der Waals surface area contributed by atoms with Crippen LogP contribution in [0.3, 0.4) is 0 Å². The van der Waals surface area contributed by atoms with E-state index in [2.05, 4.69) is 228 Å². The van der Waals surface area contributed by atoms with Crippen molar-refractivity contribution in [3.63, 3.8) is 0 Å². The van der Waals surface area contributed by atoms with E-state index in [4.69, 9.17) is 0 Å². The van der Waals surface area contributed by atoms with Crippen LogP contribution in [0.25, 0.3) is 82.1 Å². The van der Waals surface area contributed by atoms with Crippen LogP contribution in [0.5, 0.6) is 0 Å². The van der Waals surface area contributed by atoms with E-state index in [1.807, 2.05) is 0 Å². The summed E-state index contributed by atoms with van der Waals surface area (Å²) >= 11 is 0. The summed E-state index contributed by atoms with van der Waals surface area (Å²) < 4.78 is 2.43. The molecule has 0 bridgehead atoms. The highest BCUT2D eigenvalue weighted by Gasteiger charge is 2.20. The number of para-hydroxylation sites is 4. The fourth-order valence-electron chi connectivity index (χ4n) is 8.88. The summed E-state index contributed by atoms with van der Waals surface area (Å²) in [6, 6.07) is 79.4. The second-order valence-corrected chi connectivity index (χ2v) is 14.5. The van der Waals surface area contributed by atoms with E-state index in [0.29, 0.717) is 0 Å². The Labute approximate surface area is 325 Å². The summed E-state index contributed by atoms with van der Waals surface area (Å²) in [5.74, 6) is 0. The normalized spacial score (nSPS) is 11.6. The molecule has 262 valence electrons. The van der Waals surface area contributed by atoms with Crippen LogP contribution in [0.15, 0.2) is 218 Å². The van der Waals surface area contributed by atoms with Gasteiger partial charge in [0, 0.05) is 33.1 Å². The maximum atomic E-state index is 2.43. The molecule has 0 saturated carbocycles. The van der Waals surface area contributed by atoms with Gasteiger partial charge in [0.15, 0.2) is 0 Å². The zero-order valence-electron chi connectivity index (χ0n) is 30.7. The van der Waals surface area contributed by atoms with Gasteiger partial charge >= 0.3 is 0 Å². The molecule has 1 heterocycles. The average Bonchev–Trinajstić information content (AvgIpc) is 3.61. The van der Waals surface area contributed by atoms with Gasteiger partial charge in [-0.05, 0) is 98.2 Å². The molecule has 11 rings (SSSR count). The van der Waals surface area contributed by atoms with Crippen molar-refractivity contribution < 1.29 is 0 Å². The highest BCUT2D eigenvalue weighted by molar-refractivity contribution is 6.14. The van der Waals surface area contributed by atoms with Gasteiger partial charge in [-0.3, -0.25) is 0 Å². The molecule has 0 amide bonds. The zero-order valence-corrected chi connectivity index (χ0v) is 30.7. The highest BCUT2D eigenvalue weighted by Crippen LogP contribution is 2.45. The minimum Gasteiger partial charge on any atom is -0.310 e. The molecule has 0 saturated heterocycles. The van der Waals surface area contributed by atoms with E-state index in [1.165, 1.54) is 82.1 Å². The molecule has 1 aromatic heterocycles. The number of aromatic nitrogens is 1. The number of hydrogen-bond donors (Lipinski definition) is 0. The molecular weight excluding hydrogens is 677 g/mol. The van der Waals surface area contributed by atoms with Crippen molar-refractivity contribution in [3.8, 4) is 27.9 Å². The van der Waals surface area contributed by atoms with Crippen LogP contribution in [0, 0.1) is 0 Å². The minimum absolute atomic E-state index is 1.11. The number of anilines is 3. The van der Waals surface area contributed by atoms with Gasteiger partial charge in [0.2, 0.25) is 0 Å². The highest BCUT2D eigenvalue weighted by atomic mass is 15.1. The van der Waals surface area contributed by atoms with Crippen molar-refractivity contribution >= 4 is 71.2 Å². The smallest absolute Gasteiger partial charge is 0.0541 e. The topological polar surface area (TPSA) is 8.17 Å². The van der Waals surface area contributed by atoms with E-state index in [-0.39, 0.29) is 0 Å². The molecule has 56 heavy (non-hydrogen) atoms. The quantitative estimate of drug-likeness (QED) is 0.156. The number of hydrogen-bond acceptors (Lipinski definition) is 1. The first-order valence-electron chi connectivity index (χ1n) is 19.3. The van der Waals surface area contributed by atoms with Crippen molar-refractivity contribution in [2.24, 2.45) is 0 Å². The molecule has 0 atom stereocenters. The monoisotopic (exact) mass is 712 g/mol. The Morgan fingerprint density at radius 3 is 1.54 bits per heavy atom. The molecule has 0 unspecified atom stereocenters. The third-order valence-electron chi connectivity index (χ3n) is 11.4. The van der Waals surface area contributed by atoms with Gasteiger partial charge in [0.25, 0.3) is 0 Å². The van der Waals surface area contributed by atoms with Crippen LogP contribution < -0.4 is 4.90 Å². The minimum atomic E-state index is 1.11. The second-order valence-electron chi connectivity index (χ2n) is 14.5. The maximum absolute atomic E-state index is 2.43. The predicted molar refractivity (Wildman–Crippen MR) is 239 cm³/mol. The third kappa shape index (κ3) is 5.11. The molecular formula is C54H36N2. The Morgan fingerprint density at radius 1 is 0.304 bits per heavy atom. The summed E-state index contributed by atoms with van der Waals surface area (Å²) in [5, 5.41) is 10.00. The van der Waals surface area contributed by atoms with E-state index in [0.717, 1.165) is 17.1 Å². The van der Waals surface area contributed by atoms with Crippen molar-refractivity contribution in [2.75, 3.05) is 4.90 Å². The fraction of sp³-hybridized carbons (Fsp3) is 0. The van der Waals surface area contributed by atoms with E-state index in [1.54, 1.807) is 0 Å². The zero-order chi connectivity index (χ0) is 37.0. The fourth-order valence-corrected chi connectivity index (χ4v) is 8.88. The van der Waals surface area contributed by atoms with Crippen molar-refractivity contribution in [3.05, 3.63) is 218 Å². The Balaban J connectivity index is 1.08. The van der Waals surface area contributed by atoms with Crippen LogP contribution >= 0.6 is 0 Å². The summed E-state index contributed by atoms with van der Waals surface area (Å²) in [6.45, 7) is 0. The third-order valence-corrected chi connectivity index (χ3v) is 11.4. The van der Waals surface area contributed by atoms with Gasteiger partial charge in [-0.1, -0.05) is 164 Å². The van der Waals surface area contributed by atoms with Crippen LogP contribution in [0.2, 0.25) is 0 Å². The van der Waals surface area contributed by atoms with Crippen LogP contribution in [0.4, 0.5) is 17.1 Å². The molecule has 11 aromatic rings. The summed E-state index contributed by atoms with van der Waals surface area (Å²) in [5.41, 5.74) is 11.8. The Kier molecular flexibility index (Phi) is 7.53. The van der Waals surface area contributed by atoms with Gasteiger partial charge in [0.05, 0.1) is 22.4 Å². The number of benzene rings is 10. The average molecular weight is 713 g/mol. The lowest BCUT2D eigenvalue weighted by Gasteiger charge is -2.28. The van der Waals surface area contributed by atoms with Gasteiger partial charge < -0.3 is 9.47 Å². The Morgan fingerprint density at radius 2 is 0.821 bits per heavy atom. The van der Waals surface area contributed by atoms with Crippen molar-refractivity contribution in [1.82, 2.24) is 4.57 Å².